The Morgan fingerprint density at radius 1 is 0.920 bits per heavy atom. The molecule has 1 aromatic carbocycles. The molecule has 2 aliphatic heterocycles. The van der Waals surface area contributed by atoms with Gasteiger partial charge in [-0.25, -0.2) is 4.39 Å². The van der Waals surface area contributed by atoms with Crippen LogP contribution in [0.1, 0.15) is 31.2 Å². The highest BCUT2D eigenvalue weighted by atomic mass is 35.5. The lowest BCUT2D eigenvalue weighted by Crippen LogP contribution is -2.52. The van der Waals surface area contributed by atoms with Gasteiger partial charge in [0, 0.05) is 50.8 Å². The maximum Gasteiger partial charge on any atom is 0.282 e. The van der Waals surface area contributed by atoms with E-state index in [1.165, 1.54) is 12.1 Å². The van der Waals surface area contributed by atoms with Crippen LogP contribution in [0.3, 0.4) is 0 Å². The van der Waals surface area contributed by atoms with Crippen molar-refractivity contribution in [3.8, 4) is 0 Å². The van der Waals surface area contributed by atoms with Crippen molar-refractivity contribution in [2.45, 2.75) is 32.2 Å². The number of benzene rings is 1. The summed E-state index contributed by atoms with van der Waals surface area (Å²) < 4.78 is 42.0. The molecule has 0 bridgehead atoms. The molecule has 0 amide bonds. The van der Waals surface area contributed by atoms with E-state index in [1.54, 1.807) is 14.7 Å². The molecule has 0 saturated carbocycles. The molecule has 8 heteroatoms. The summed E-state index contributed by atoms with van der Waals surface area (Å²) >= 11 is 6.09. The first-order valence-corrected chi connectivity index (χ1v) is 10.7. The van der Waals surface area contributed by atoms with Crippen molar-refractivity contribution in [2.75, 3.05) is 39.3 Å². The van der Waals surface area contributed by atoms with E-state index in [0.717, 1.165) is 31.2 Å². The fraction of sp³-hybridized carbons (Fsp3) is 0.647. The van der Waals surface area contributed by atoms with Crippen LogP contribution in [0.4, 0.5) is 4.39 Å². The molecule has 1 aromatic rings. The van der Waals surface area contributed by atoms with Crippen LogP contribution in [-0.2, 0) is 16.8 Å². The quantitative estimate of drug-likeness (QED) is 0.795. The van der Waals surface area contributed by atoms with Crippen LogP contribution in [0.5, 0.6) is 0 Å². The van der Waals surface area contributed by atoms with E-state index >= 15 is 0 Å². The topological polar surface area (TPSA) is 43.9 Å². The van der Waals surface area contributed by atoms with Gasteiger partial charge in [0.2, 0.25) is 0 Å². The normalized spacial score (nSPS) is 22.0. The van der Waals surface area contributed by atoms with E-state index in [1.807, 2.05) is 0 Å². The van der Waals surface area contributed by atoms with Crippen molar-refractivity contribution in [1.29, 1.82) is 0 Å². The van der Waals surface area contributed by atoms with Gasteiger partial charge in [0.25, 0.3) is 10.2 Å². The molecule has 5 nitrogen and oxygen atoms in total. The first-order chi connectivity index (χ1) is 12.0. The number of piperazine rings is 1. The van der Waals surface area contributed by atoms with Crippen LogP contribution in [0, 0.1) is 5.82 Å². The molecule has 0 unspecified atom stereocenters. The van der Waals surface area contributed by atoms with Crippen LogP contribution >= 0.6 is 11.6 Å². The van der Waals surface area contributed by atoms with Crippen LogP contribution in [0.2, 0.25) is 5.02 Å². The minimum absolute atomic E-state index is 0.345. The van der Waals surface area contributed by atoms with Gasteiger partial charge in [-0.05, 0) is 30.5 Å². The maximum atomic E-state index is 13.1. The Morgan fingerprint density at radius 2 is 1.52 bits per heavy atom. The summed E-state index contributed by atoms with van der Waals surface area (Å²) in [4.78, 5) is 2.16. The van der Waals surface area contributed by atoms with E-state index in [9.17, 15) is 12.8 Å². The van der Waals surface area contributed by atoms with E-state index < -0.39 is 10.2 Å². The fourth-order valence-electron chi connectivity index (χ4n) is 3.44. The summed E-state index contributed by atoms with van der Waals surface area (Å²) in [5.74, 6) is -0.345. The first-order valence-electron chi connectivity index (χ1n) is 8.88. The van der Waals surface area contributed by atoms with Gasteiger partial charge in [0.05, 0.1) is 0 Å². The van der Waals surface area contributed by atoms with Gasteiger partial charge in [0.15, 0.2) is 0 Å². The minimum Gasteiger partial charge on any atom is -0.296 e. The third kappa shape index (κ3) is 4.71. The highest BCUT2D eigenvalue weighted by molar-refractivity contribution is 7.86. The summed E-state index contributed by atoms with van der Waals surface area (Å²) in [5.41, 5.74) is 0.867. The SMILES string of the molecule is O=S(=O)(N1CCCCCC1)N1CCN(Cc2ccc(F)cc2Cl)CC1. The van der Waals surface area contributed by atoms with Gasteiger partial charge in [-0.15, -0.1) is 0 Å². The Morgan fingerprint density at radius 3 is 2.12 bits per heavy atom. The van der Waals surface area contributed by atoms with E-state index in [-0.39, 0.29) is 5.82 Å². The molecular weight excluding hydrogens is 365 g/mol. The lowest BCUT2D eigenvalue weighted by atomic mass is 10.2. The Kier molecular flexibility index (Phi) is 6.33. The molecule has 0 aliphatic carbocycles. The van der Waals surface area contributed by atoms with Crippen LogP contribution in [0.15, 0.2) is 18.2 Å². The van der Waals surface area contributed by atoms with Gasteiger partial charge >= 0.3 is 0 Å². The van der Waals surface area contributed by atoms with Gasteiger partial charge in [-0.3, -0.25) is 4.90 Å². The van der Waals surface area contributed by atoms with Crippen molar-refractivity contribution in [3.63, 3.8) is 0 Å². The number of rotatable bonds is 4. The van der Waals surface area contributed by atoms with Gasteiger partial charge in [-0.1, -0.05) is 30.5 Å². The third-order valence-corrected chi connectivity index (χ3v) is 7.35. The van der Waals surface area contributed by atoms with Crippen LogP contribution in [-0.4, -0.2) is 61.2 Å². The third-order valence-electron chi connectivity index (χ3n) is 4.96. The smallest absolute Gasteiger partial charge is 0.282 e. The molecule has 3 rings (SSSR count). The molecule has 0 N–H and O–H groups in total. The van der Waals surface area contributed by atoms with Gasteiger partial charge < -0.3 is 0 Å². The minimum atomic E-state index is -3.35. The van der Waals surface area contributed by atoms with Crippen molar-refractivity contribution in [1.82, 2.24) is 13.5 Å². The average molecular weight is 390 g/mol. The molecule has 0 aromatic heterocycles. The summed E-state index contributed by atoms with van der Waals surface area (Å²) in [6.07, 6.45) is 4.11. The highest BCUT2D eigenvalue weighted by Gasteiger charge is 2.32. The van der Waals surface area contributed by atoms with Gasteiger partial charge in [0.1, 0.15) is 5.82 Å². The molecule has 140 valence electrons. The predicted molar refractivity (Wildman–Crippen MR) is 97.2 cm³/mol. The largest absolute Gasteiger partial charge is 0.296 e. The van der Waals surface area contributed by atoms with Crippen molar-refractivity contribution >= 4 is 21.8 Å². The Hall–Kier alpha value is -0.730. The molecule has 0 atom stereocenters. The zero-order valence-corrected chi connectivity index (χ0v) is 15.9. The zero-order chi connectivity index (χ0) is 17.9. The number of nitrogens with zero attached hydrogens (tertiary/aromatic N) is 3. The molecule has 0 spiro atoms. The molecule has 25 heavy (non-hydrogen) atoms. The molecule has 0 radical (unpaired) electrons. The van der Waals surface area contributed by atoms with Crippen LogP contribution < -0.4 is 0 Å². The number of hydrogen-bond acceptors (Lipinski definition) is 3. The monoisotopic (exact) mass is 389 g/mol. The second-order valence-electron chi connectivity index (χ2n) is 6.73. The van der Waals surface area contributed by atoms with E-state index in [2.05, 4.69) is 4.90 Å². The zero-order valence-electron chi connectivity index (χ0n) is 14.3. The summed E-state index contributed by atoms with van der Waals surface area (Å²) in [7, 11) is -3.35. The highest BCUT2D eigenvalue weighted by Crippen LogP contribution is 2.21. The second-order valence-corrected chi connectivity index (χ2v) is 9.07. The lowest BCUT2D eigenvalue weighted by molar-refractivity contribution is 0.175. The van der Waals surface area contributed by atoms with Crippen LogP contribution in [0.25, 0.3) is 0 Å². The fourth-order valence-corrected chi connectivity index (χ4v) is 5.34. The second kappa shape index (κ2) is 8.31. The Balaban J connectivity index is 1.57. The maximum absolute atomic E-state index is 13.1. The number of halogens is 2. The van der Waals surface area contributed by atoms with E-state index in [0.29, 0.717) is 50.8 Å². The van der Waals surface area contributed by atoms with Crippen molar-refractivity contribution in [3.05, 3.63) is 34.6 Å². The summed E-state index contributed by atoms with van der Waals surface area (Å²) in [5, 5.41) is 0.416. The number of hydrogen-bond donors (Lipinski definition) is 0. The molecule has 2 heterocycles. The predicted octanol–water partition coefficient (Wildman–Crippen LogP) is 2.72. The molecule has 2 fully saturated rings. The van der Waals surface area contributed by atoms with Crippen molar-refractivity contribution < 1.29 is 12.8 Å². The molecular formula is C17H25ClFN3O2S. The first kappa shape index (κ1) is 19.0. The lowest BCUT2D eigenvalue weighted by Gasteiger charge is -2.36. The molecule has 2 saturated heterocycles. The molecule has 2 aliphatic rings. The summed E-state index contributed by atoms with van der Waals surface area (Å²) in [6.45, 7) is 4.15. The average Bonchev–Trinajstić information content (AvgIpc) is 2.88. The summed E-state index contributed by atoms with van der Waals surface area (Å²) in [6, 6.07) is 4.41. The van der Waals surface area contributed by atoms with E-state index in [4.69, 9.17) is 11.6 Å². The Bertz CT molecular complexity index is 685. The Labute approximate surface area is 154 Å². The van der Waals surface area contributed by atoms with Crippen molar-refractivity contribution in [2.24, 2.45) is 0 Å². The standard InChI is InChI=1S/C17H25ClFN3O2S/c18-17-13-16(19)6-5-15(17)14-20-9-11-22(12-10-20)25(23,24)21-7-3-1-2-4-8-21/h5-6,13H,1-4,7-12,14H2. The van der Waals surface area contributed by atoms with Gasteiger partial charge in [-0.2, -0.15) is 17.0 Å².